The van der Waals surface area contributed by atoms with Gasteiger partial charge in [-0.05, 0) is 52.8 Å². The van der Waals surface area contributed by atoms with Gasteiger partial charge < -0.3 is 10.1 Å². The molecular formula is C25H27NO3S. The van der Waals surface area contributed by atoms with E-state index in [-0.39, 0.29) is 23.7 Å². The number of nitrogens with one attached hydrogen (secondary N) is 1. The maximum atomic E-state index is 12.4. The highest BCUT2D eigenvalue weighted by Crippen LogP contribution is 2.31. The molecule has 0 saturated heterocycles. The average molecular weight is 422 g/mol. The van der Waals surface area contributed by atoms with Gasteiger partial charge in [-0.3, -0.25) is 4.79 Å². The van der Waals surface area contributed by atoms with Gasteiger partial charge in [0.05, 0.1) is 23.6 Å². The minimum Gasteiger partial charge on any atom is -0.462 e. The van der Waals surface area contributed by atoms with Gasteiger partial charge in [-0.1, -0.05) is 57.2 Å². The molecule has 1 aromatic heterocycles. The third kappa shape index (κ3) is 5.57. The van der Waals surface area contributed by atoms with Crippen molar-refractivity contribution in [3.63, 3.8) is 0 Å². The number of ether oxygens (including phenoxy) is 1. The van der Waals surface area contributed by atoms with Crippen LogP contribution in [-0.2, 0) is 21.4 Å². The Labute approximate surface area is 181 Å². The fraction of sp³-hybridized carbons (Fsp3) is 0.280. The van der Waals surface area contributed by atoms with Crippen molar-refractivity contribution >= 4 is 28.2 Å². The molecule has 0 aliphatic heterocycles. The molecule has 4 nitrogen and oxygen atoms in total. The Kier molecular flexibility index (Phi) is 6.73. The molecule has 0 fully saturated rings. The second-order valence-corrected chi connectivity index (χ2v) is 9.08. The number of benzene rings is 2. The van der Waals surface area contributed by atoms with E-state index in [1.807, 2.05) is 6.07 Å². The number of thiophene rings is 1. The van der Waals surface area contributed by atoms with Crippen molar-refractivity contribution in [3.05, 3.63) is 76.7 Å². The van der Waals surface area contributed by atoms with Crippen LogP contribution in [0.3, 0.4) is 0 Å². The molecular weight excluding hydrogens is 394 g/mol. The van der Waals surface area contributed by atoms with Gasteiger partial charge >= 0.3 is 5.97 Å². The van der Waals surface area contributed by atoms with E-state index in [2.05, 4.69) is 55.7 Å². The summed E-state index contributed by atoms with van der Waals surface area (Å²) in [6.45, 7) is 8.71. The van der Waals surface area contributed by atoms with E-state index in [0.29, 0.717) is 12.2 Å². The molecule has 0 saturated carbocycles. The Balaban J connectivity index is 1.60. The van der Waals surface area contributed by atoms with Crippen LogP contribution >= 0.6 is 11.3 Å². The number of amides is 1. The smallest absolute Gasteiger partial charge is 0.338 e. The molecule has 0 spiro atoms. The van der Waals surface area contributed by atoms with E-state index in [9.17, 15) is 9.59 Å². The third-order valence-corrected chi connectivity index (χ3v) is 5.62. The predicted molar refractivity (Wildman–Crippen MR) is 123 cm³/mol. The van der Waals surface area contributed by atoms with Crippen molar-refractivity contribution < 1.29 is 14.3 Å². The van der Waals surface area contributed by atoms with E-state index in [4.69, 9.17) is 4.74 Å². The zero-order chi connectivity index (χ0) is 21.7. The summed E-state index contributed by atoms with van der Waals surface area (Å²) >= 11 is 1.51. The van der Waals surface area contributed by atoms with E-state index in [1.165, 1.54) is 16.9 Å². The number of carbonyl (C=O) groups excluding carboxylic acids is 2. The van der Waals surface area contributed by atoms with Gasteiger partial charge in [0.15, 0.2) is 0 Å². The molecule has 5 heteroatoms. The summed E-state index contributed by atoms with van der Waals surface area (Å²) in [5.74, 6) is -0.439. The van der Waals surface area contributed by atoms with Gasteiger partial charge in [-0.25, -0.2) is 4.79 Å². The van der Waals surface area contributed by atoms with Crippen molar-refractivity contribution in [1.82, 2.24) is 0 Å². The quantitative estimate of drug-likeness (QED) is 0.491. The standard InChI is InChI=1S/C25H27NO3S/c1-5-29-24(28)19-8-6-17(7-9-19)14-22(27)26-23-15-20(16-30-23)18-10-12-21(13-11-18)25(2,3)4/h6-13,15-16H,5,14H2,1-4H3,(H,26,27). The third-order valence-electron chi connectivity index (χ3n) is 4.78. The normalized spacial score (nSPS) is 11.2. The number of hydrogen-bond acceptors (Lipinski definition) is 4. The molecule has 0 aliphatic carbocycles. The molecule has 3 aromatic rings. The van der Waals surface area contributed by atoms with Gasteiger partial charge in [0.1, 0.15) is 0 Å². The summed E-state index contributed by atoms with van der Waals surface area (Å²) in [4.78, 5) is 24.1. The second kappa shape index (κ2) is 9.26. The second-order valence-electron chi connectivity index (χ2n) is 8.17. The van der Waals surface area contributed by atoms with Crippen LogP contribution in [0.4, 0.5) is 5.00 Å². The fourth-order valence-corrected chi connectivity index (χ4v) is 3.88. The lowest BCUT2D eigenvalue weighted by atomic mass is 9.86. The van der Waals surface area contributed by atoms with Gasteiger partial charge in [-0.15, -0.1) is 11.3 Å². The number of carbonyl (C=O) groups is 2. The molecule has 1 amide bonds. The summed E-state index contributed by atoms with van der Waals surface area (Å²) in [6, 6.07) is 17.5. The van der Waals surface area contributed by atoms with Crippen LogP contribution in [-0.4, -0.2) is 18.5 Å². The summed E-state index contributed by atoms with van der Waals surface area (Å²) < 4.78 is 4.97. The SMILES string of the molecule is CCOC(=O)c1ccc(CC(=O)Nc2cc(-c3ccc(C(C)(C)C)cc3)cs2)cc1. The van der Waals surface area contributed by atoms with Crippen LogP contribution in [0.15, 0.2) is 60.0 Å². The molecule has 156 valence electrons. The number of hydrogen-bond donors (Lipinski definition) is 1. The van der Waals surface area contributed by atoms with Crippen molar-refractivity contribution in [2.75, 3.05) is 11.9 Å². The predicted octanol–water partition coefficient (Wildman–Crippen LogP) is 6.07. The molecule has 0 radical (unpaired) electrons. The molecule has 30 heavy (non-hydrogen) atoms. The maximum Gasteiger partial charge on any atom is 0.338 e. The average Bonchev–Trinajstić information content (AvgIpc) is 3.16. The summed E-state index contributed by atoms with van der Waals surface area (Å²) in [7, 11) is 0. The van der Waals surface area contributed by atoms with Crippen LogP contribution < -0.4 is 5.32 Å². The first-order valence-corrected chi connectivity index (χ1v) is 10.9. The zero-order valence-electron chi connectivity index (χ0n) is 17.8. The fourth-order valence-electron chi connectivity index (χ4n) is 3.06. The van der Waals surface area contributed by atoms with Crippen molar-refractivity contribution in [2.45, 2.75) is 39.5 Å². The van der Waals surface area contributed by atoms with Gasteiger partial charge in [0.2, 0.25) is 5.91 Å². The lowest BCUT2D eigenvalue weighted by Crippen LogP contribution is -2.13. The monoisotopic (exact) mass is 421 g/mol. The molecule has 0 unspecified atom stereocenters. The Bertz CT molecular complexity index is 1010. The van der Waals surface area contributed by atoms with Gasteiger partial charge in [0, 0.05) is 5.38 Å². The summed E-state index contributed by atoms with van der Waals surface area (Å²) in [6.07, 6.45) is 0.247. The van der Waals surface area contributed by atoms with E-state index >= 15 is 0 Å². The molecule has 0 atom stereocenters. The minimum atomic E-state index is -0.352. The first kappa shape index (κ1) is 21.8. The topological polar surface area (TPSA) is 55.4 Å². The van der Waals surface area contributed by atoms with Crippen LogP contribution in [0, 0.1) is 0 Å². The van der Waals surface area contributed by atoms with Crippen LogP contribution in [0.1, 0.15) is 49.2 Å². The van der Waals surface area contributed by atoms with Gasteiger partial charge in [0.25, 0.3) is 0 Å². The first-order valence-electron chi connectivity index (χ1n) is 10.0. The Morgan fingerprint density at radius 1 is 0.967 bits per heavy atom. The highest BCUT2D eigenvalue weighted by molar-refractivity contribution is 7.14. The van der Waals surface area contributed by atoms with Crippen molar-refractivity contribution in [2.24, 2.45) is 0 Å². The number of anilines is 1. The van der Waals surface area contributed by atoms with E-state index < -0.39 is 0 Å². The maximum absolute atomic E-state index is 12.4. The first-order chi connectivity index (χ1) is 14.3. The van der Waals surface area contributed by atoms with Crippen LogP contribution in [0.2, 0.25) is 0 Å². The van der Waals surface area contributed by atoms with Crippen LogP contribution in [0.5, 0.6) is 0 Å². The molecule has 2 aromatic carbocycles. The highest BCUT2D eigenvalue weighted by atomic mass is 32.1. The zero-order valence-corrected chi connectivity index (χ0v) is 18.6. The summed E-state index contributed by atoms with van der Waals surface area (Å²) in [5, 5.41) is 5.83. The van der Waals surface area contributed by atoms with E-state index in [0.717, 1.165) is 21.7 Å². The largest absolute Gasteiger partial charge is 0.462 e. The number of rotatable bonds is 6. The van der Waals surface area contributed by atoms with Crippen molar-refractivity contribution in [3.8, 4) is 11.1 Å². The Morgan fingerprint density at radius 3 is 2.23 bits per heavy atom. The Morgan fingerprint density at radius 2 is 1.63 bits per heavy atom. The minimum absolute atomic E-state index is 0.0876. The van der Waals surface area contributed by atoms with E-state index in [1.54, 1.807) is 31.2 Å². The lowest BCUT2D eigenvalue weighted by Gasteiger charge is -2.19. The van der Waals surface area contributed by atoms with Gasteiger partial charge in [-0.2, -0.15) is 0 Å². The molecule has 3 rings (SSSR count). The molecule has 1 N–H and O–H groups in total. The lowest BCUT2D eigenvalue weighted by molar-refractivity contribution is -0.115. The molecule has 0 bridgehead atoms. The Hall–Kier alpha value is -2.92. The van der Waals surface area contributed by atoms with Crippen LogP contribution in [0.25, 0.3) is 11.1 Å². The molecule has 0 aliphatic rings. The van der Waals surface area contributed by atoms with Crippen molar-refractivity contribution in [1.29, 1.82) is 0 Å². The highest BCUT2D eigenvalue weighted by Gasteiger charge is 2.14. The summed E-state index contributed by atoms with van der Waals surface area (Å²) in [5.41, 5.74) is 4.98. The number of esters is 1. The molecule has 1 heterocycles.